The summed E-state index contributed by atoms with van der Waals surface area (Å²) in [7, 11) is -3.67. The fraction of sp³-hybridized carbons (Fsp3) is 0.522. The third kappa shape index (κ3) is 4.75. The molecule has 2 saturated heterocycles. The van der Waals surface area contributed by atoms with Gasteiger partial charge >= 0.3 is 0 Å². The lowest BCUT2D eigenvalue weighted by Crippen LogP contribution is -2.52. The molecular weight excluding hydrogens is 462 g/mol. The number of hydrogen-bond donors (Lipinski definition) is 0. The Hall–Kier alpha value is -2.14. The van der Waals surface area contributed by atoms with Gasteiger partial charge in [0.15, 0.2) is 11.5 Å². The Bertz CT molecular complexity index is 1080. The molecule has 2 aromatic rings. The number of sulfonamides is 1. The highest BCUT2D eigenvalue weighted by atomic mass is 32.2. The summed E-state index contributed by atoms with van der Waals surface area (Å²) < 4.78 is 39.1. The highest BCUT2D eigenvalue weighted by molar-refractivity contribution is 7.89. The van der Waals surface area contributed by atoms with E-state index in [0.29, 0.717) is 50.4 Å². The predicted octanol–water partition coefficient (Wildman–Crippen LogP) is 2.58. The first-order valence-corrected chi connectivity index (χ1v) is 13.8. The second kappa shape index (κ2) is 9.61. The molecule has 0 unspecified atom stereocenters. The molecule has 10 heteroatoms. The van der Waals surface area contributed by atoms with Crippen LogP contribution in [0.1, 0.15) is 30.2 Å². The Morgan fingerprint density at radius 3 is 2.55 bits per heavy atom. The standard InChI is InChI=1S/C23H29N3O5S2/c27-23(17-25-8-1-4-19(25)22-5-2-15-32-22)24-9-11-26(12-10-24)33(28,29)18-6-7-20-21(16-18)31-14-3-13-30-20/h2,5-7,15-16,19H,1,3-4,8-14,17H2/t19-/m0/s1. The molecule has 0 spiro atoms. The molecule has 1 atom stereocenters. The summed E-state index contributed by atoms with van der Waals surface area (Å²) in [6.07, 6.45) is 2.94. The van der Waals surface area contributed by atoms with E-state index in [0.717, 1.165) is 25.8 Å². The number of amides is 1. The van der Waals surface area contributed by atoms with Crippen LogP contribution >= 0.6 is 11.3 Å². The van der Waals surface area contributed by atoms with Gasteiger partial charge in [0, 0.05) is 49.6 Å². The molecule has 3 aliphatic heterocycles. The van der Waals surface area contributed by atoms with Crippen LogP contribution in [-0.2, 0) is 14.8 Å². The first-order valence-electron chi connectivity index (χ1n) is 11.5. The Morgan fingerprint density at radius 1 is 1.00 bits per heavy atom. The van der Waals surface area contributed by atoms with E-state index >= 15 is 0 Å². The lowest BCUT2D eigenvalue weighted by atomic mass is 10.2. The second-order valence-electron chi connectivity index (χ2n) is 8.59. The first kappa shape index (κ1) is 22.6. The van der Waals surface area contributed by atoms with Crippen molar-refractivity contribution in [1.82, 2.24) is 14.1 Å². The lowest BCUT2D eigenvalue weighted by Gasteiger charge is -2.35. The number of carbonyl (C=O) groups is 1. The van der Waals surface area contributed by atoms with E-state index in [2.05, 4.69) is 22.4 Å². The predicted molar refractivity (Wildman–Crippen MR) is 125 cm³/mol. The summed E-state index contributed by atoms with van der Waals surface area (Å²) in [5, 5.41) is 2.08. The molecule has 1 aromatic heterocycles. The van der Waals surface area contributed by atoms with Crippen molar-refractivity contribution in [2.45, 2.75) is 30.2 Å². The van der Waals surface area contributed by atoms with Crippen molar-refractivity contribution >= 4 is 27.3 Å². The maximum atomic E-state index is 13.2. The number of nitrogens with zero attached hydrogens (tertiary/aromatic N) is 3. The van der Waals surface area contributed by atoms with Crippen molar-refractivity contribution in [2.24, 2.45) is 0 Å². The van der Waals surface area contributed by atoms with Gasteiger partial charge in [-0.1, -0.05) is 6.07 Å². The number of benzene rings is 1. The van der Waals surface area contributed by atoms with Gasteiger partial charge in [0.1, 0.15) is 0 Å². The molecule has 33 heavy (non-hydrogen) atoms. The van der Waals surface area contributed by atoms with Crippen LogP contribution in [-0.4, -0.2) is 80.9 Å². The van der Waals surface area contributed by atoms with Crippen LogP contribution in [0.15, 0.2) is 40.6 Å². The van der Waals surface area contributed by atoms with Crippen LogP contribution < -0.4 is 9.47 Å². The zero-order valence-corrected chi connectivity index (χ0v) is 20.2. The highest BCUT2D eigenvalue weighted by Gasteiger charge is 2.33. The van der Waals surface area contributed by atoms with Gasteiger partial charge in [0.2, 0.25) is 15.9 Å². The number of rotatable bonds is 5. The molecule has 0 saturated carbocycles. The minimum Gasteiger partial charge on any atom is -0.490 e. The molecule has 0 N–H and O–H groups in total. The minimum atomic E-state index is -3.67. The lowest BCUT2D eigenvalue weighted by molar-refractivity contribution is -0.133. The van der Waals surface area contributed by atoms with Gasteiger partial charge in [-0.2, -0.15) is 4.31 Å². The van der Waals surface area contributed by atoms with Gasteiger partial charge in [-0.3, -0.25) is 9.69 Å². The largest absolute Gasteiger partial charge is 0.490 e. The molecule has 178 valence electrons. The van der Waals surface area contributed by atoms with E-state index in [1.54, 1.807) is 34.4 Å². The quantitative estimate of drug-likeness (QED) is 0.640. The van der Waals surface area contributed by atoms with E-state index in [1.807, 2.05) is 0 Å². The van der Waals surface area contributed by atoms with Crippen molar-refractivity contribution in [2.75, 3.05) is 52.5 Å². The van der Waals surface area contributed by atoms with E-state index < -0.39 is 10.0 Å². The number of likely N-dealkylation sites (tertiary alicyclic amines) is 1. The summed E-state index contributed by atoms with van der Waals surface area (Å²) in [6, 6.07) is 9.29. The highest BCUT2D eigenvalue weighted by Crippen LogP contribution is 2.35. The maximum absolute atomic E-state index is 13.2. The van der Waals surface area contributed by atoms with Crippen molar-refractivity contribution in [1.29, 1.82) is 0 Å². The molecular formula is C23H29N3O5S2. The summed E-state index contributed by atoms with van der Waals surface area (Å²) in [5.41, 5.74) is 0. The molecule has 2 fully saturated rings. The van der Waals surface area contributed by atoms with Crippen LogP contribution in [0.25, 0.3) is 0 Å². The van der Waals surface area contributed by atoms with Gasteiger partial charge < -0.3 is 14.4 Å². The second-order valence-corrected chi connectivity index (χ2v) is 11.5. The maximum Gasteiger partial charge on any atom is 0.243 e. The van der Waals surface area contributed by atoms with E-state index in [4.69, 9.17) is 9.47 Å². The number of thiophene rings is 1. The monoisotopic (exact) mass is 491 g/mol. The number of piperazine rings is 1. The summed E-state index contributed by atoms with van der Waals surface area (Å²) in [4.78, 5) is 18.5. The summed E-state index contributed by atoms with van der Waals surface area (Å²) in [5.74, 6) is 1.11. The topological polar surface area (TPSA) is 79.4 Å². The van der Waals surface area contributed by atoms with Gasteiger partial charge in [-0.05, 0) is 43.0 Å². The van der Waals surface area contributed by atoms with Gasteiger partial charge in [0.05, 0.1) is 24.7 Å². The Kier molecular flexibility index (Phi) is 6.60. The van der Waals surface area contributed by atoms with Gasteiger partial charge in [-0.25, -0.2) is 8.42 Å². The number of ether oxygens (including phenoxy) is 2. The van der Waals surface area contributed by atoms with Crippen molar-refractivity contribution < 1.29 is 22.7 Å². The van der Waals surface area contributed by atoms with Gasteiger partial charge in [0.25, 0.3) is 0 Å². The zero-order chi connectivity index (χ0) is 22.8. The zero-order valence-electron chi connectivity index (χ0n) is 18.5. The fourth-order valence-electron chi connectivity index (χ4n) is 4.72. The van der Waals surface area contributed by atoms with Crippen LogP contribution in [0.4, 0.5) is 0 Å². The molecule has 0 bridgehead atoms. The fourth-order valence-corrected chi connectivity index (χ4v) is 7.06. The molecule has 0 aliphatic carbocycles. The van der Waals surface area contributed by atoms with Crippen molar-refractivity contribution in [3.05, 3.63) is 40.6 Å². The average Bonchev–Trinajstić information content (AvgIpc) is 3.46. The molecule has 5 rings (SSSR count). The minimum absolute atomic E-state index is 0.0751. The van der Waals surface area contributed by atoms with Crippen LogP contribution in [0.2, 0.25) is 0 Å². The molecule has 0 radical (unpaired) electrons. The Balaban J connectivity index is 1.20. The van der Waals surface area contributed by atoms with E-state index in [-0.39, 0.29) is 23.9 Å². The molecule has 4 heterocycles. The SMILES string of the molecule is O=C(CN1CCC[C@H]1c1cccs1)N1CCN(S(=O)(=O)c2ccc3c(c2)OCCCO3)CC1. The average molecular weight is 492 g/mol. The van der Waals surface area contributed by atoms with Crippen LogP contribution in [0.3, 0.4) is 0 Å². The third-order valence-electron chi connectivity index (χ3n) is 6.52. The molecule has 1 aromatic carbocycles. The normalized spacial score (nSPS) is 22.3. The number of carbonyl (C=O) groups excluding carboxylic acids is 1. The first-order chi connectivity index (χ1) is 16.0. The number of fused-ring (bicyclic) bond motifs is 1. The summed E-state index contributed by atoms with van der Waals surface area (Å²) >= 11 is 1.74. The van der Waals surface area contributed by atoms with Crippen molar-refractivity contribution in [3.8, 4) is 11.5 Å². The Labute approximate surface area is 198 Å². The molecule has 3 aliphatic rings. The van der Waals surface area contributed by atoms with E-state index in [9.17, 15) is 13.2 Å². The number of hydrogen-bond acceptors (Lipinski definition) is 7. The summed E-state index contributed by atoms with van der Waals surface area (Å²) in [6.45, 7) is 3.75. The smallest absolute Gasteiger partial charge is 0.243 e. The van der Waals surface area contributed by atoms with Crippen LogP contribution in [0.5, 0.6) is 11.5 Å². The third-order valence-corrected chi connectivity index (χ3v) is 9.39. The Morgan fingerprint density at radius 2 is 1.79 bits per heavy atom. The van der Waals surface area contributed by atoms with Crippen molar-refractivity contribution in [3.63, 3.8) is 0 Å². The van der Waals surface area contributed by atoms with Crippen LogP contribution in [0, 0.1) is 0 Å². The van der Waals surface area contributed by atoms with E-state index in [1.165, 1.54) is 9.18 Å². The van der Waals surface area contributed by atoms with Gasteiger partial charge in [-0.15, -0.1) is 11.3 Å². The molecule has 1 amide bonds. The molecule has 8 nitrogen and oxygen atoms in total.